The van der Waals surface area contributed by atoms with Crippen molar-refractivity contribution in [3.63, 3.8) is 0 Å². The van der Waals surface area contributed by atoms with E-state index in [0.29, 0.717) is 18.3 Å². The molecule has 0 unspecified atom stereocenters. The Labute approximate surface area is 152 Å². The maximum atomic E-state index is 12.1. The number of thioether (sulfide) groups is 1. The predicted octanol–water partition coefficient (Wildman–Crippen LogP) is 2.94. The zero-order valence-electron chi connectivity index (χ0n) is 14.6. The number of aryl methyl sites for hydroxylation is 1. The van der Waals surface area contributed by atoms with Gasteiger partial charge in [-0.05, 0) is 47.7 Å². The van der Waals surface area contributed by atoms with Crippen molar-refractivity contribution in [2.75, 3.05) is 12.3 Å². The van der Waals surface area contributed by atoms with E-state index in [9.17, 15) is 4.79 Å². The lowest BCUT2D eigenvalue weighted by molar-refractivity contribution is -0.118. The maximum absolute atomic E-state index is 12.1. The van der Waals surface area contributed by atoms with Gasteiger partial charge in [-0.1, -0.05) is 55.3 Å². The van der Waals surface area contributed by atoms with E-state index in [4.69, 9.17) is 0 Å². The van der Waals surface area contributed by atoms with Gasteiger partial charge in [0.25, 0.3) is 0 Å². The number of nitrogens with zero attached hydrogens (tertiary/aromatic N) is 4. The number of rotatable bonds is 7. The minimum atomic E-state index is 0.0248. The summed E-state index contributed by atoms with van der Waals surface area (Å²) in [4.78, 5) is 12.1. The standard InChI is InChI=1S/C18H25N5OS/c1-14-7-5-6-8-15(14)11-12-19-17(24)13-25-18-20-21-22-23(18)16-9-3-2-4-10-16/h5-8,16H,2-4,9-13H2,1H3,(H,19,24). The molecule has 25 heavy (non-hydrogen) atoms. The van der Waals surface area contributed by atoms with Gasteiger partial charge >= 0.3 is 0 Å². The Morgan fingerprint density at radius 1 is 1.28 bits per heavy atom. The number of tetrazole rings is 1. The Kier molecular flexibility index (Phi) is 6.44. The van der Waals surface area contributed by atoms with Gasteiger partial charge in [0.2, 0.25) is 11.1 Å². The van der Waals surface area contributed by atoms with Crippen molar-refractivity contribution in [1.29, 1.82) is 0 Å². The number of amides is 1. The van der Waals surface area contributed by atoms with Crippen LogP contribution in [0.4, 0.5) is 0 Å². The second kappa shape index (κ2) is 8.99. The second-order valence-corrected chi connectivity index (χ2v) is 7.46. The molecule has 0 saturated heterocycles. The van der Waals surface area contributed by atoms with Crippen molar-refractivity contribution >= 4 is 17.7 Å². The summed E-state index contributed by atoms with van der Waals surface area (Å²) in [6.07, 6.45) is 6.86. The molecule has 1 aliphatic carbocycles. The van der Waals surface area contributed by atoms with E-state index < -0.39 is 0 Å². The van der Waals surface area contributed by atoms with Crippen molar-refractivity contribution in [3.05, 3.63) is 35.4 Å². The van der Waals surface area contributed by atoms with E-state index >= 15 is 0 Å². The molecule has 0 atom stereocenters. The SMILES string of the molecule is Cc1ccccc1CCNC(=O)CSc1nnnn1C1CCCCC1. The minimum absolute atomic E-state index is 0.0248. The quantitative estimate of drug-likeness (QED) is 0.770. The van der Waals surface area contributed by atoms with Gasteiger partial charge in [0.1, 0.15) is 0 Å². The molecule has 1 N–H and O–H groups in total. The summed E-state index contributed by atoms with van der Waals surface area (Å²) >= 11 is 1.42. The van der Waals surface area contributed by atoms with E-state index in [1.807, 2.05) is 16.8 Å². The number of carbonyl (C=O) groups excluding carboxylic acids is 1. The summed E-state index contributed by atoms with van der Waals surface area (Å²) in [5.41, 5.74) is 2.54. The smallest absolute Gasteiger partial charge is 0.230 e. The highest BCUT2D eigenvalue weighted by atomic mass is 32.2. The van der Waals surface area contributed by atoms with E-state index in [0.717, 1.165) is 24.4 Å². The highest BCUT2D eigenvalue weighted by molar-refractivity contribution is 7.99. The number of nitrogens with one attached hydrogen (secondary N) is 1. The normalized spacial score (nSPS) is 15.2. The zero-order chi connectivity index (χ0) is 17.5. The molecule has 0 radical (unpaired) electrons. The first kappa shape index (κ1) is 17.9. The van der Waals surface area contributed by atoms with E-state index in [1.54, 1.807) is 0 Å². The average molecular weight is 359 g/mol. The van der Waals surface area contributed by atoms with Gasteiger partial charge in [0.15, 0.2) is 0 Å². The molecule has 1 aromatic carbocycles. The van der Waals surface area contributed by atoms with E-state index in [2.05, 4.69) is 39.9 Å². The third-order valence-electron chi connectivity index (χ3n) is 4.69. The molecule has 2 aromatic rings. The number of aromatic nitrogens is 4. The van der Waals surface area contributed by atoms with Crippen LogP contribution in [0.1, 0.15) is 49.3 Å². The van der Waals surface area contributed by atoms with Gasteiger partial charge in [-0.15, -0.1) is 5.10 Å². The Balaban J connectivity index is 1.43. The third-order valence-corrected chi connectivity index (χ3v) is 5.63. The molecule has 6 nitrogen and oxygen atoms in total. The Bertz CT molecular complexity index is 696. The van der Waals surface area contributed by atoms with Crippen LogP contribution in [0.2, 0.25) is 0 Å². The predicted molar refractivity (Wildman–Crippen MR) is 98.6 cm³/mol. The van der Waals surface area contributed by atoms with Gasteiger partial charge in [-0.3, -0.25) is 4.79 Å². The summed E-state index contributed by atoms with van der Waals surface area (Å²) in [6.45, 7) is 2.75. The monoisotopic (exact) mass is 359 g/mol. The number of benzene rings is 1. The molecule has 7 heteroatoms. The molecule has 3 rings (SSSR count). The molecule has 1 aromatic heterocycles. The summed E-state index contributed by atoms with van der Waals surface area (Å²) in [6, 6.07) is 8.65. The Morgan fingerprint density at radius 2 is 2.08 bits per heavy atom. The van der Waals surface area contributed by atoms with Gasteiger partial charge < -0.3 is 5.32 Å². The molecular formula is C18H25N5OS. The molecule has 0 aliphatic heterocycles. The highest BCUT2D eigenvalue weighted by Crippen LogP contribution is 2.30. The molecule has 0 spiro atoms. The van der Waals surface area contributed by atoms with Crippen LogP contribution >= 0.6 is 11.8 Å². The molecule has 1 aliphatic rings. The maximum Gasteiger partial charge on any atom is 0.230 e. The molecule has 1 saturated carbocycles. The molecule has 0 bridgehead atoms. The topological polar surface area (TPSA) is 72.7 Å². The Morgan fingerprint density at radius 3 is 2.88 bits per heavy atom. The summed E-state index contributed by atoms with van der Waals surface area (Å²) in [5, 5.41) is 15.8. The Hall–Kier alpha value is -1.89. The van der Waals surface area contributed by atoms with E-state index in [1.165, 1.54) is 42.2 Å². The van der Waals surface area contributed by atoms with Gasteiger partial charge in [0.05, 0.1) is 11.8 Å². The number of hydrogen-bond donors (Lipinski definition) is 1. The minimum Gasteiger partial charge on any atom is -0.355 e. The lowest BCUT2D eigenvalue weighted by Crippen LogP contribution is -2.27. The summed E-state index contributed by atoms with van der Waals surface area (Å²) in [5.74, 6) is 0.373. The molecule has 134 valence electrons. The molecular weight excluding hydrogens is 334 g/mol. The van der Waals surface area contributed by atoms with Gasteiger partial charge in [-0.2, -0.15) is 0 Å². The van der Waals surface area contributed by atoms with Crippen molar-refractivity contribution < 1.29 is 4.79 Å². The molecule has 1 fully saturated rings. The van der Waals surface area contributed by atoms with Crippen LogP contribution in [0.25, 0.3) is 0 Å². The van der Waals surface area contributed by atoms with Crippen molar-refractivity contribution in [2.24, 2.45) is 0 Å². The summed E-state index contributed by atoms with van der Waals surface area (Å²) < 4.78 is 1.91. The van der Waals surface area contributed by atoms with Crippen LogP contribution < -0.4 is 5.32 Å². The number of hydrogen-bond acceptors (Lipinski definition) is 5. The van der Waals surface area contributed by atoms with Crippen LogP contribution in [-0.2, 0) is 11.2 Å². The first-order valence-electron chi connectivity index (χ1n) is 8.96. The fraction of sp³-hybridized carbons (Fsp3) is 0.556. The van der Waals surface area contributed by atoms with Crippen LogP contribution in [0.15, 0.2) is 29.4 Å². The van der Waals surface area contributed by atoms with E-state index in [-0.39, 0.29) is 5.91 Å². The lowest BCUT2D eigenvalue weighted by Gasteiger charge is -2.21. The zero-order valence-corrected chi connectivity index (χ0v) is 15.5. The third kappa shape index (κ3) is 5.04. The van der Waals surface area contributed by atoms with Crippen LogP contribution in [0.5, 0.6) is 0 Å². The van der Waals surface area contributed by atoms with Crippen molar-refractivity contribution in [2.45, 2.75) is 56.6 Å². The van der Waals surface area contributed by atoms with Crippen molar-refractivity contribution in [3.8, 4) is 0 Å². The fourth-order valence-corrected chi connectivity index (χ4v) is 4.02. The number of carbonyl (C=O) groups is 1. The lowest BCUT2D eigenvalue weighted by atomic mass is 9.96. The average Bonchev–Trinajstić information content (AvgIpc) is 3.11. The second-order valence-electron chi connectivity index (χ2n) is 6.51. The van der Waals surface area contributed by atoms with Crippen LogP contribution in [-0.4, -0.2) is 38.4 Å². The highest BCUT2D eigenvalue weighted by Gasteiger charge is 2.20. The fourth-order valence-electron chi connectivity index (χ4n) is 3.24. The molecule has 1 heterocycles. The first-order valence-corrected chi connectivity index (χ1v) is 9.94. The van der Waals surface area contributed by atoms with Gasteiger partial charge in [0, 0.05) is 6.54 Å². The van der Waals surface area contributed by atoms with Crippen LogP contribution in [0.3, 0.4) is 0 Å². The molecule has 1 amide bonds. The van der Waals surface area contributed by atoms with Gasteiger partial charge in [-0.25, -0.2) is 4.68 Å². The van der Waals surface area contributed by atoms with Crippen molar-refractivity contribution in [1.82, 2.24) is 25.5 Å². The summed E-state index contributed by atoms with van der Waals surface area (Å²) in [7, 11) is 0. The largest absolute Gasteiger partial charge is 0.355 e. The first-order chi connectivity index (χ1) is 12.2. The van der Waals surface area contributed by atoms with Crippen LogP contribution in [0, 0.1) is 6.92 Å².